The number of carbonyl (C=O) groups excluding carboxylic acids is 2. The largest absolute Gasteiger partial charge is 0.504 e. The number of aromatic hydroxyl groups is 1. The molecule has 0 saturated carbocycles. The van der Waals surface area contributed by atoms with E-state index < -0.39 is 11.9 Å². The Labute approximate surface area is 199 Å². The summed E-state index contributed by atoms with van der Waals surface area (Å²) < 4.78 is 5.70. The summed E-state index contributed by atoms with van der Waals surface area (Å²) in [6, 6.07) is 3.58. The van der Waals surface area contributed by atoms with Gasteiger partial charge in [-0.05, 0) is 50.7 Å². The van der Waals surface area contributed by atoms with Crippen molar-refractivity contribution in [3.05, 3.63) is 58.5 Å². The lowest BCUT2D eigenvalue weighted by molar-refractivity contribution is -0.137. The van der Waals surface area contributed by atoms with Crippen LogP contribution in [0.3, 0.4) is 0 Å². The molecule has 1 heterocycles. The Morgan fingerprint density at radius 2 is 1.74 bits per heavy atom. The van der Waals surface area contributed by atoms with E-state index in [0.717, 1.165) is 17.0 Å². The third-order valence-corrected chi connectivity index (χ3v) is 6.81. The molecule has 0 aromatic heterocycles. The molecular weight excluding hydrogens is 434 g/mol. The van der Waals surface area contributed by atoms with Crippen molar-refractivity contribution in [1.29, 1.82) is 0 Å². The van der Waals surface area contributed by atoms with Crippen LogP contribution in [0.5, 0.6) is 11.5 Å². The Morgan fingerprint density at radius 3 is 2.26 bits per heavy atom. The lowest BCUT2D eigenvalue weighted by Crippen LogP contribution is -2.40. The Bertz CT molecular complexity index is 1070. The highest BCUT2D eigenvalue weighted by atomic mass is 16.5. The molecule has 2 N–H and O–H groups in total. The van der Waals surface area contributed by atoms with Gasteiger partial charge in [0.2, 0.25) is 0 Å². The first kappa shape index (κ1) is 23.8. The third kappa shape index (κ3) is 4.27. The van der Waals surface area contributed by atoms with Gasteiger partial charge in [-0.25, -0.2) is 0 Å². The predicted molar refractivity (Wildman–Crippen MR) is 127 cm³/mol. The number of phenols is 1. The van der Waals surface area contributed by atoms with Crippen molar-refractivity contribution in [3.63, 3.8) is 0 Å². The van der Waals surface area contributed by atoms with Crippen LogP contribution in [0.25, 0.3) is 0 Å². The van der Waals surface area contributed by atoms with Crippen LogP contribution in [-0.4, -0.2) is 45.8 Å². The average molecular weight is 466 g/mol. The molecule has 0 spiro atoms. The predicted octanol–water partition coefficient (Wildman–Crippen LogP) is 4.41. The average Bonchev–Trinajstić information content (AvgIpc) is 2.80. The van der Waals surface area contributed by atoms with Crippen LogP contribution in [0, 0.1) is 0 Å². The van der Waals surface area contributed by atoms with Crippen LogP contribution in [0.15, 0.2) is 47.3 Å². The van der Waals surface area contributed by atoms with Crippen LogP contribution in [0.1, 0.15) is 68.9 Å². The molecule has 7 nitrogen and oxygen atoms in total. The summed E-state index contributed by atoms with van der Waals surface area (Å²) in [5.41, 5.74) is 4.22. The summed E-state index contributed by atoms with van der Waals surface area (Å²) in [7, 11) is 0. The molecule has 1 aliphatic heterocycles. The summed E-state index contributed by atoms with van der Waals surface area (Å²) in [6.07, 6.45) is 5.56. The van der Waals surface area contributed by atoms with E-state index in [1.807, 2.05) is 17.9 Å². The van der Waals surface area contributed by atoms with Gasteiger partial charge in [-0.15, -0.1) is 6.58 Å². The van der Waals surface area contributed by atoms with E-state index in [1.54, 1.807) is 12.1 Å². The quantitative estimate of drug-likeness (QED) is 0.548. The second kappa shape index (κ2) is 9.87. The number of ether oxygens (including phenoxy) is 1. The van der Waals surface area contributed by atoms with Crippen molar-refractivity contribution in [2.24, 2.45) is 0 Å². The van der Waals surface area contributed by atoms with Gasteiger partial charge >= 0.3 is 5.97 Å². The van der Waals surface area contributed by atoms with Gasteiger partial charge in [0.15, 0.2) is 23.1 Å². The maximum Gasteiger partial charge on any atom is 0.305 e. The summed E-state index contributed by atoms with van der Waals surface area (Å²) >= 11 is 0. The highest BCUT2D eigenvalue weighted by Crippen LogP contribution is 2.50. The minimum absolute atomic E-state index is 0.00666. The van der Waals surface area contributed by atoms with Gasteiger partial charge in [0.25, 0.3) is 0 Å². The topological polar surface area (TPSA) is 104 Å². The molecule has 0 atom stereocenters. The van der Waals surface area contributed by atoms with Crippen LogP contribution >= 0.6 is 0 Å². The summed E-state index contributed by atoms with van der Waals surface area (Å²) in [5, 5.41) is 20.0. The summed E-state index contributed by atoms with van der Waals surface area (Å²) in [5.74, 6) is -1.11. The molecule has 0 amide bonds. The zero-order valence-electron chi connectivity index (χ0n) is 19.6. The van der Waals surface area contributed by atoms with Crippen molar-refractivity contribution in [1.82, 2.24) is 4.90 Å². The molecule has 7 heteroatoms. The number of rotatable bonds is 8. The van der Waals surface area contributed by atoms with E-state index >= 15 is 0 Å². The van der Waals surface area contributed by atoms with Crippen LogP contribution < -0.4 is 4.74 Å². The molecule has 0 unspecified atom stereocenters. The molecule has 1 aromatic carbocycles. The van der Waals surface area contributed by atoms with Gasteiger partial charge in [0.1, 0.15) is 0 Å². The number of ketones is 2. The van der Waals surface area contributed by atoms with Crippen LogP contribution in [0.4, 0.5) is 0 Å². The SMILES string of the molecule is C=CCc1cc(C2C3=C(CCCC3=O)N(CCC(=O)O)C3=C2C(=O)CCC3)cc(OCC)c1O. The first-order valence-electron chi connectivity index (χ1n) is 12.0. The van der Waals surface area contributed by atoms with Gasteiger partial charge in [0.05, 0.1) is 13.0 Å². The highest BCUT2D eigenvalue weighted by Gasteiger charge is 2.43. The van der Waals surface area contributed by atoms with Gasteiger partial charge < -0.3 is 19.8 Å². The van der Waals surface area contributed by atoms with E-state index in [4.69, 9.17) is 4.74 Å². The van der Waals surface area contributed by atoms with Gasteiger partial charge in [0, 0.05) is 53.4 Å². The Balaban J connectivity index is 1.95. The van der Waals surface area contributed by atoms with E-state index in [1.165, 1.54) is 0 Å². The van der Waals surface area contributed by atoms with Crippen molar-refractivity contribution in [3.8, 4) is 11.5 Å². The standard InChI is InChI=1S/C27H31NO6/c1-3-7-16-14-17(15-22(27(16)33)34-4-2)24-25-18(8-5-10-20(25)29)28(13-12-23(31)32)19-9-6-11-21(30)26(19)24/h3,14-15,24,33H,1,4-13H2,2H3,(H,31,32). The first-order valence-corrected chi connectivity index (χ1v) is 12.0. The summed E-state index contributed by atoms with van der Waals surface area (Å²) in [6.45, 7) is 6.21. The Kier molecular flexibility index (Phi) is 6.91. The fourth-order valence-corrected chi connectivity index (χ4v) is 5.46. The maximum absolute atomic E-state index is 13.3. The second-order valence-corrected chi connectivity index (χ2v) is 8.96. The number of carboxylic acid groups (broad SMARTS) is 1. The lowest BCUT2D eigenvalue weighted by Gasteiger charge is -2.44. The molecule has 180 valence electrons. The fraction of sp³-hybridized carbons (Fsp3) is 0.444. The number of Topliss-reactive ketones (excluding diaryl/α,β-unsaturated/α-hetero) is 2. The number of carbonyl (C=O) groups is 3. The molecular formula is C27H31NO6. The molecule has 0 fully saturated rings. The lowest BCUT2D eigenvalue weighted by atomic mass is 9.70. The van der Waals surface area contributed by atoms with Crippen molar-refractivity contribution >= 4 is 17.5 Å². The van der Waals surface area contributed by atoms with E-state index in [2.05, 4.69) is 6.58 Å². The number of nitrogens with zero attached hydrogens (tertiary/aromatic N) is 1. The first-order chi connectivity index (χ1) is 16.4. The van der Waals surface area contributed by atoms with Crippen molar-refractivity contribution in [2.75, 3.05) is 13.2 Å². The monoisotopic (exact) mass is 465 g/mol. The van der Waals surface area contributed by atoms with Crippen LogP contribution in [0.2, 0.25) is 0 Å². The number of phenolic OH excluding ortho intramolecular Hbond substituents is 1. The Morgan fingerprint density at radius 1 is 1.12 bits per heavy atom. The molecule has 0 saturated heterocycles. The number of allylic oxidation sites excluding steroid dienone is 5. The molecule has 1 aromatic rings. The molecule has 3 aliphatic rings. The zero-order valence-corrected chi connectivity index (χ0v) is 19.6. The fourth-order valence-electron chi connectivity index (χ4n) is 5.46. The Hall–Kier alpha value is -3.35. The molecule has 0 bridgehead atoms. The number of benzene rings is 1. The summed E-state index contributed by atoms with van der Waals surface area (Å²) in [4.78, 5) is 40.0. The molecule has 2 aliphatic carbocycles. The number of hydrogen-bond donors (Lipinski definition) is 2. The maximum atomic E-state index is 13.3. The van der Waals surface area contributed by atoms with Gasteiger partial charge in [-0.1, -0.05) is 12.1 Å². The third-order valence-electron chi connectivity index (χ3n) is 6.81. The van der Waals surface area contributed by atoms with Gasteiger partial charge in [-0.3, -0.25) is 14.4 Å². The highest BCUT2D eigenvalue weighted by molar-refractivity contribution is 6.06. The number of aliphatic carboxylic acids is 1. The van der Waals surface area contributed by atoms with Crippen molar-refractivity contribution in [2.45, 2.75) is 64.2 Å². The smallest absolute Gasteiger partial charge is 0.305 e. The molecule has 0 radical (unpaired) electrons. The minimum atomic E-state index is -0.912. The normalized spacial score (nSPS) is 18.7. The molecule has 34 heavy (non-hydrogen) atoms. The van der Waals surface area contributed by atoms with Crippen LogP contribution in [-0.2, 0) is 20.8 Å². The van der Waals surface area contributed by atoms with E-state index in [9.17, 15) is 24.6 Å². The number of hydrogen-bond acceptors (Lipinski definition) is 6. The zero-order chi connectivity index (χ0) is 24.4. The minimum Gasteiger partial charge on any atom is -0.504 e. The molecule has 4 rings (SSSR count). The van der Waals surface area contributed by atoms with E-state index in [0.29, 0.717) is 74.0 Å². The van der Waals surface area contributed by atoms with E-state index in [-0.39, 0.29) is 30.3 Å². The second-order valence-electron chi connectivity index (χ2n) is 8.96. The number of carboxylic acids is 1. The van der Waals surface area contributed by atoms with Gasteiger partial charge in [-0.2, -0.15) is 0 Å². The van der Waals surface area contributed by atoms with Crippen molar-refractivity contribution < 1.29 is 29.3 Å².